The molecule has 0 radical (unpaired) electrons. The van der Waals surface area contributed by atoms with E-state index >= 15 is 0 Å². The number of amides is 1. The van der Waals surface area contributed by atoms with Gasteiger partial charge < -0.3 is 5.11 Å². The van der Waals surface area contributed by atoms with Crippen molar-refractivity contribution in [2.45, 2.75) is 0 Å². The molecule has 16 heavy (non-hydrogen) atoms. The van der Waals surface area contributed by atoms with Crippen molar-refractivity contribution in [2.24, 2.45) is 0 Å². The maximum absolute atomic E-state index is 10.5. The van der Waals surface area contributed by atoms with Gasteiger partial charge in [-0.3, -0.25) is 10.3 Å². The summed E-state index contributed by atoms with van der Waals surface area (Å²) in [5, 5.41) is 10.9. The van der Waals surface area contributed by atoms with Crippen LogP contribution in [0.3, 0.4) is 0 Å². The number of anilines is 1. The Hall–Kier alpha value is -2.36. The molecule has 0 unspecified atom stereocenters. The number of carboxylic acid groups (broad SMARTS) is 1. The number of pyridine rings is 1. The zero-order valence-electron chi connectivity index (χ0n) is 8.42. The Morgan fingerprint density at radius 2 is 1.88 bits per heavy atom. The molecule has 1 amide bonds. The molecule has 0 spiro atoms. The van der Waals surface area contributed by atoms with Crippen molar-refractivity contribution in [2.75, 3.05) is 5.32 Å². The highest BCUT2D eigenvalue weighted by Crippen LogP contribution is 2.20. The second-order valence-electron chi connectivity index (χ2n) is 3.26. The molecule has 1 aromatic carbocycles. The van der Waals surface area contributed by atoms with E-state index in [0.717, 1.165) is 11.1 Å². The van der Waals surface area contributed by atoms with Gasteiger partial charge in [-0.1, -0.05) is 30.3 Å². The van der Waals surface area contributed by atoms with Crippen molar-refractivity contribution in [3.05, 3.63) is 48.8 Å². The van der Waals surface area contributed by atoms with Crippen molar-refractivity contribution in [1.29, 1.82) is 0 Å². The summed E-state index contributed by atoms with van der Waals surface area (Å²) in [5.41, 5.74) is 2.35. The topological polar surface area (TPSA) is 62.2 Å². The molecule has 0 bridgehead atoms. The Labute approximate surface area is 92.6 Å². The molecule has 1 aromatic heterocycles. The SMILES string of the molecule is O=C(O)Nc1cncc(-c2ccccc2)c1. The molecule has 2 rings (SSSR count). The molecule has 80 valence electrons. The third-order valence-corrected chi connectivity index (χ3v) is 2.10. The van der Waals surface area contributed by atoms with Crippen LogP contribution in [0.5, 0.6) is 0 Å². The fourth-order valence-corrected chi connectivity index (χ4v) is 1.42. The van der Waals surface area contributed by atoms with Crippen molar-refractivity contribution >= 4 is 11.8 Å². The lowest BCUT2D eigenvalue weighted by atomic mass is 10.1. The van der Waals surface area contributed by atoms with Crippen LogP contribution in [0.2, 0.25) is 0 Å². The Bertz CT molecular complexity index is 497. The highest BCUT2D eigenvalue weighted by atomic mass is 16.4. The van der Waals surface area contributed by atoms with E-state index in [-0.39, 0.29) is 0 Å². The van der Waals surface area contributed by atoms with Crippen LogP contribution in [-0.4, -0.2) is 16.2 Å². The maximum atomic E-state index is 10.5. The second-order valence-corrected chi connectivity index (χ2v) is 3.26. The van der Waals surface area contributed by atoms with E-state index in [2.05, 4.69) is 10.3 Å². The normalized spacial score (nSPS) is 9.75. The monoisotopic (exact) mass is 214 g/mol. The van der Waals surface area contributed by atoms with Crippen LogP contribution >= 0.6 is 0 Å². The summed E-state index contributed by atoms with van der Waals surface area (Å²) >= 11 is 0. The van der Waals surface area contributed by atoms with Gasteiger partial charge >= 0.3 is 6.09 Å². The molecule has 0 aliphatic carbocycles. The minimum atomic E-state index is -1.09. The van der Waals surface area contributed by atoms with Crippen LogP contribution in [-0.2, 0) is 0 Å². The molecule has 4 nitrogen and oxygen atoms in total. The van der Waals surface area contributed by atoms with Crippen LogP contribution in [0.4, 0.5) is 10.5 Å². The van der Waals surface area contributed by atoms with Crippen molar-refractivity contribution in [1.82, 2.24) is 4.98 Å². The van der Waals surface area contributed by atoms with Crippen LogP contribution in [0.25, 0.3) is 11.1 Å². The molecule has 0 atom stereocenters. The summed E-state index contributed by atoms with van der Waals surface area (Å²) in [6.45, 7) is 0. The molecule has 2 N–H and O–H groups in total. The third-order valence-electron chi connectivity index (χ3n) is 2.10. The molecule has 0 aliphatic heterocycles. The first-order chi connectivity index (χ1) is 7.75. The lowest BCUT2D eigenvalue weighted by molar-refractivity contribution is 0.209. The molecule has 1 heterocycles. The molecule has 2 aromatic rings. The molecule has 4 heteroatoms. The standard InChI is InChI=1S/C12H10N2O2/c15-12(16)14-11-6-10(7-13-8-11)9-4-2-1-3-5-9/h1-8,14H,(H,15,16). The molecule has 0 saturated heterocycles. The summed E-state index contributed by atoms with van der Waals surface area (Å²) < 4.78 is 0. The van der Waals surface area contributed by atoms with E-state index in [1.54, 1.807) is 12.3 Å². The largest absolute Gasteiger partial charge is 0.465 e. The number of rotatable bonds is 2. The second kappa shape index (κ2) is 4.44. The van der Waals surface area contributed by atoms with E-state index < -0.39 is 6.09 Å². The molecule has 0 aliphatic rings. The van der Waals surface area contributed by atoms with Gasteiger partial charge in [0, 0.05) is 11.8 Å². The zero-order chi connectivity index (χ0) is 11.4. The van der Waals surface area contributed by atoms with E-state index in [4.69, 9.17) is 5.11 Å². The van der Waals surface area contributed by atoms with Gasteiger partial charge in [0.1, 0.15) is 0 Å². The van der Waals surface area contributed by atoms with Crippen molar-refractivity contribution in [3.63, 3.8) is 0 Å². The Morgan fingerprint density at radius 3 is 2.56 bits per heavy atom. The van der Waals surface area contributed by atoms with E-state index in [9.17, 15) is 4.79 Å². The highest BCUT2D eigenvalue weighted by molar-refractivity contribution is 5.83. The molecule has 0 fully saturated rings. The number of aromatic nitrogens is 1. The molecule has 0 saturated carbocycles. The fourth-order valence-electron chi connectivity index (χ4n) is 1.42. The van der Waals surface area contributed by atoms with Crippen LogP contribution in [0.15, 0.2) is 48.8 Å². The highest BCUT2D eigenvalue weighted by Gasteiger charge is 2.01. The number of nitrogens with zero attached hydrogens (tertiary/aromatic N) is 1. The first-order valence-corrected chi connectivity index (χ1v) is 4.76. The average molecular weight is 214 g/mol. The molecular weight excluding hydrogens is 204 g/mol. The van der Waals surface area contributed by atoms with Gasteiger partial charge in [-0.2, -0.15) is 0 Å². The maximum Gasteiger partial charge on any atom is 0.409 e. The van der Waals surface area contributed by atoms with Crippen LogP contribution < -0.4 is 5.32 Å². The van der Waals surface area contributed by atoms with Gasteiger partial charge in [0.2, 0.25) is 0 Å². The van der Waals surface area contributed by atoms with Gasteiger partial charge in [0.05, 0.1) is 11.9 Å². The fraction of sp³-hybridized carbons (Fsp3) is 0. The smallest absolute Gasteiger partial charge is 0.409 e. The summed E-state index contributed by atoms with van der Waals surface area (Å²) in [6, 6.07) is 11.4. The van der Waals surface area contributed by atoms with E-state index in [1.165, 1.54) is 6.20 Å². The van der Waals surface area contributed by atoms with Gasteiger partial charge in [0.15, 0.2) is 0 Å². The predicted octanol–water partition coefficient (Wildman–Crippen LogP) is 2.84. The Kier molecular flexibility index (Phi) is 2.82. The van der Waals surface area contributed by atoms with Gasteiger partial charge in [-0.15, -0.1) is 0 Å². The lowest BCUT2D eigenvalue weighted by Gasteiger charge is -2.04. The summed E-state index contributed by atoms with van der Waals surface area (Å²) in [5.74, 6) is 0. The van der Waals surface area contributed by atoms with E-state index in [0.29, 0.717) is 5.69 Å². The third kappa shape index (κ3) is 2.36. The number of hydrogen-bond acceptors (Lipinski definition) is 2. The lowest BCUT2D eigenvalue weighted by Crippen LogP contribution is -2.07. The van der Waals surface area contributed by atoms with E-state index in [1.807, 2.05) is 30.3 Å². The summed E-state index contributed by atoms with van der Waals surface area (Å²) in [6.07, 6.45) is 2.08. The zero-order valence-corrected chi connectivity index (χ0v) is 8.42. The summed E-state index contributed by atoms with van der Waals surface area (Å²) in [4.78, 5) is 14.5. The van der Waals surface area contributed by atoms with Crippen LogP contribution in [0.1, 0.15) is 0 Å². The van der Waals surface area contributed by atoms with Gasteiger partial charge in [0.25, 0.3) is 0 Å². The minimum absolute atomic E-state index is 0.467. The first-order valence-electron chi connectivity index (χ1n) is 4.76. The Morgan fingerprint density at radius 1 is 1.12 bits per heavy atom. The van der Waals surface area contributed by atoms with Crippen molar-refractivity contribution in [3.8, 4) is 11.1 Å². The number of hydrogen-bond donors (Lipinski definition) is 2. The van der Waals surface area contributed by atoms with Crippen molar-refractivity contribution < 1.29 is 9.90 Å². The quantitative estimate of drug-likeness (QED) is 0.807. The summed E-state index contributed by atoms with van der Waals surface area (Å²) in [7, 11) is 0. The molecular formula is C12H10N2O2. The van der Waals surface area contributed by atoms with Gasteiger partial charge in [-0.05, 0) is 11.6 Å². The Balaban J connectivity index is 2.33. The van der Waals surface area contributed by atoms with Crippen LogP contribution in [0, 0.1) is 0 Å². The average Bonchev–Trinajstić information content (AvgIpc) is 2.30. The number of benzene rings is 1. The number of nitrogens with one attached hydrogen (secondary N) is 1. The minimum Gasteiger partial charge on any atom is -0.465 e. The number of carbonyl (C=O) groups is 1. The predicted molar refractivity (Wildman–Crippen MR) is 61.3 cm³/mol. The van der Waals surface area contributed by atoms with Gasteiger partial charge in [-0.25, -0.2) is 4.79 Å². The first kappa shape index (κ1) is 10.2.